The highest BCUT2D eigenvalue weighted by molar-refractivity contribution is 7.89. The highest BCUT2D eigenvalue weighted by Gasteiger charge is 2.43. The normalized spacial score (nSPS) is 15.2. The summed E-state index contributed by atoms with van der Waals surface area (Å²) < 4.78 is 37.5. The molecule has 146 valence electrons. The van der Waals surface area contributed by atoms with Crippen LogP contribution in [0.1, 0.15) is 29.8 Å². The molecule has 0 fully saturated rings. The monoisotopic (exact) mass is 401 g/mol. The van der Waals surface area contributed by atoms with Crippen molar-refractivity contribution in [3.8, 4) is 0 Å². The fourth-order valence-electron chi connectivity index (χ4n) is 2.98. The fraction of sp³-hybridized carbons (Fsp3) is 0.200. The molecular formula is C20H19NO6S. The maximum Gasteiger partial charge on any atom is 0.359 e. The molecule has 0 atom stereocenters. The van der Waals surface area contributed by atoms with Crippen LogP contribution >= 0.6 is 0 Å². The van der Waals surface area contributed by atoms with Crippen molar-refractivity contribution in [3.05, 3.63) is 71.4 Å². The van der Waals surface area contributed by atoms with E-state index in [1.54, 1.807) is 56.3 Å². The quantitative estimate of drug-likeness (QED) is 0.732. The number of nitrogens with zero attached hydrogens (tertiary/aromatic N) is 1. The molecule has 1 aliphatic rings. The second kappa shape index (κ2) is 7.47. The summed E-state index contributed by atoms with van der Waals surface area (Å²) in [6, 6.07) is 13.7. The van der Waals surface area contributed by atoms with Crippen LogP contribution in [0.25, 0.3) is 5.76 Å². The second-order valence-corrected chi connectivity index (χ2v) is 8.10. The molecule has 0 amide bonds. The number of hydrogen-bond acceptors (Lipinski definition) is 6. The molecule has 3 rings (SSSR count). The highest BCUT2D eigenvalue weighted by Crippen LogP contribution is 2.39. The van der Waals surface area contributed by atoms with E-state index in [0.29, 0.717) is 0 Å². The summed E-state index contributed by atoms with van der Waals surface area (Å²) in [6.07, 6.45) is 0. The molecule has 1 heterocycles. The molecule has 0 saturated carbocycles. The van der Waals surface area contributed by atoms with Crippen molar-refractivity contribution < 1.29 is 27.5 Å². The van der Waals surface area contributed by atoms with E-state index in [4.69, 9.17) is 9.47 Å². The molecule has 2 aromatic carbocycles. The van der Waals surface area contributed by atoms with Crippen molar-refractivity contribution in [2.24, 2.45) is 0 Å². The van der Waals surface area contributed by atoms with Gasteiger partial charge in [-0.05, 0) is 38.1 Å². The summed E-state index contributed by atoms with van der Waals surface area (Å²) in [7, 11) is -2.90. The summed E-state index contributed by atoms with van der Waals surface area (Å²) in [6.45, 7) is 3.23. The fourth-order valence-corrected chi connectivity index (χ4v) is 4.83. The molecule has 8 heteroatoms. The first-order valence-corrected chi connectivity index (χ1v) is 9.96. The molecule has 0 spiro atoms. The average molecular weight is 401 g/mol. The Morgan fingerprint density at radius 3 is 2.14 bits per heavy atom. The molecule has 0 aromatic heterocycles. The predicted octanol–water partition coefficient (Wildman–Crippen LogP) is 2.80. The maximum atomic E-state index is 13.1. The summed E-state index contributed by atoms with van der Waals surface area (Å²) >= 11 is 0. The molecule has 0 bridgehead atoms. The van der Waals surface area contributed by atoms with E-state index in [1.807, 2.05) is 0 Å². The van der Waals surface area contributed by atoms with Gasteiger partial charge < -0.3 is 9.47 Å². The molecule has 2 aromatic rings. The number of methoxy groups -OCH3 is 1. The van der Waals surface area contributed by atoms with Crippen molar-refractivity contribution in [1.82, 2.24) is 4.31 Å². The number of ether oxygens (including phenoxy) is 2. The first kappa shape index (κ1) is 19.6. The number of esters is 2. The average Bonchev–Trinajstić information content (AvgIpc) is 2.69. The van der Waals surface area contributed by atoms with Crippen LogP contribution in [0.5, 0.6) is 0 Å². The van der Waals surface area contributed by atoms with Crippen LogP contribution < -0.4 is 0 Å². The van der Waals surface area contributed by atoms with E-state index >= 15 is 0 Å². The van der Waals surface area contributed by atoms with Crippen molar-refractivity contribution in [1.29, 1.82) is 0 Å². The number of carbonyl (C=O) groups is 2. The molecular weight excluding hydrogens is 382 g/mol. The van der Waals surface area contributed by atoms with Gasteiger partial charge in [-0.15, -0.1) is 0 Å². The molecule has 0 radical (unpaired) electrons. The Bertz CT molecular complexity index is 1060. The Kier molecular flexibility index (Phi) is 5.24. The Hall–Kier alpha value is -3.13. The zero-order chi connectivity index (χ0) is 20.5. The predicted molar refractivity (Wildman–Crippen MR) is 101 cm³/mol. The van der Waals surface area contributed by atoms with Crippen LogP contribution in [0.3, 0.4) is 0 Å². The first-order chi connectivity index (χ1) is 13.3. The lowest BCUT2D eigenvalue weighted by Crippen LogP contribution is -2.43. The van der Waals surface area contributed by atoms with Crippen LogP contribution in [0.4, 0.5) is 0 Å². The largest absolute Gasteiger partial charge is 0.464 e. The maximum absolute atomic E-state index is 13.1. The van der Waals surface area contributed by atoms with Gasteiger partial charge in [-0.25, -0.2) is 18.0 Å². The van der Waals surface area contributed by atoms with E-state index in [9.17, 15) is 18.0 Å². The van der Waals surface area contributed by atoms with Gasteiger partial charge in [0.2, 0.25) is 0 Å². The van der Waals surface area contributed by atoms with E-state index in [0.717, 1.165) is 11.4 Å². The van der Waals surface area contributed by atoms with Gasteiger partial charge in [-0.2, -0.15) is 0 Å². The van der Waals surface area contributed by atoms with Crippen molar-refractivity contribution in [3.63, 3.8) is 0 Å². The lowest BCUT2D eigenvalue weighted by molar-refractivity contribution is -0.137. The third kappa shape index (κ3) is 3.27. The number of sulfonamides is 1. The molecule has 28 heavy (non-hydrogen) atoms. The van der Waals surface area contributed by atoms with Crippen LogP contribution in [-0.4, -0.2) is 37.8 Å². The highest BCUT2D eigenvalue weighted by atomic mass is 32.2. The van der Waals surface area contributed by atoms with E-state index in [1.165, 1.54) is 12.1 Å². The number of carbonyl (C=O) groups excluding carboxylic acids is 2. The third-order valence-corrected chi connectivity index (χ3v) is 6.19. The topological polar surface area (TPSA) is 90.0 Å². The smallest absolute Gasteiger partial charge is 0.359 e. The summed E-state index contributed by atoms with van der Waals surface area (Å²) in [4.78, 5) is 25.1. The summed E-state index contributed by atoms with van der Waals surface area (Å²) in [5.41, 5.74) is 0.0609. The minimum absolute atomic E-state index is 0.0489. The SMILES string of the molecule is COC(=O)C1=C(OC(=O)c2ccccc2)c2ccccc2S(=O)(=O)N1C(C)C. The minimum Gasteiger partial charge on any atom is -0.464 e. The Balaban J connectivity index is 2.26. The molecule has 0 saturated heterocycles. The lowest BCUT2D eigenvalue weighted by Gasteiger charge is -2.34. The zero-order valence-corrected chi connectivity index (χ0v) is 16.4. The van der Waals surface area contributed by atoms with Crippen molar-refractivity contribution in [2.45, 2.75) is 24.8 Å². The van der Waals surface area contributed by atoms with Crippen LogP contribution in [-0.2, 0) is 24.3 Å². The van der Waals surface area contributed by atoms with Gasteiger partial charge in [-0.1, -0.05) is 30.3 Å². The van der Waals surface area contributed by atoms with Crippen LogP contribution in [0.15, 0.2) is 65.2 Å². The van der Waals surface area contributed by atoms with Crippen molar-refractivity contribution >= 4 is 27.7 Å². The molecule has 1 aliphatic heterocycles. The first-order valence-electron chi connectivity index (χ1n) is 8.52. The lowest BCUT2D eigenvalue weighted by atomic mass is 10.1. The Morgan fingerprint density at radius 1 is 0.929 bits per heavy atom. The van der Waals surface area contributed by atoms with Gasteiger partial charge in [-0.3, -0.25) is 4.31 Å². The minimum atomic E-state index is -4.04. The number of rotatable bonds is 4. The van der Waals surface area contributed by atoms with Crippen LogP contribution in [0.2, 0.25) is 0 Å². The summed E-state index contributed by atoms with van der Waals surface area (Å²) in [5.74, 6) is -1.78. The van der Waals surface area contributed by atoms with Gasteiger partial charge in [0.25, 0.3) is 10.0 Å². The van der Waals surface area contributed by atoms with Gasteiger partial charge in [0.05, 0.1) is 17.6 Å². The molecule has 0 aliphatic carbocycles. The van der Waals surface area contributed by atoms with E-state index in [2.05, 4.69) is 0 Å². The third-order valence-electron chi connectivity index (χ3n) is 4.16. The number of benzene rings is 2. The van der Waals surface area contributed by atoms with Gasteiger partial charge >= 0.3 is 11.9 Å². The van der Waals surface area contributed by atoms with Gasteiger partial charge in [0.15, 0.2) is 11.5 Å². The van der Waals surface area contributed by atoms with Gasteiger partial charge in [0.1, 0.15) is 0 Å². The zero-order valence-electron chi connectivity index (χ0n) is 15.6. The summed E-state index contributed by atoms with van der Waals surface area (Å²) in [5, 5.41) is 0. The molecule has 7 nitrogen and oxygen atoms in total. The second-order valence-electron chi connectivity index (χ2n) is 6.32. The van der Waals surface area contributed by atoms with Crippen LogP contribution in [0, 0.1) is 0 Å². The molecule has 0 unspecified atom stereocenters. The van der Waals surface area contributed by atoms with Crippen molar-refractivity contribution in [2.75, 3.05) is 7.11 Å². The number of hydrogen-bond donors (Lipinski definition) is 0. The van der Waals surface area contributed by atoms with Gasteiger partial charge in [0, 0.05) is 11.6 Å². The van der Waals surface area contributed by atoms with E-state index < -0.39 is 28.0 Å². The Morgan fingerprint density at radius 2 is 1.54 bits per heavy atom. The standard InChI is InChI=1S/C20H19NO6S/c1-13(2)21-17(20(23)26-3)18(27-19(22)14-9-5-4-6-10-14)15-11-7-8-12-16(15)28(21,24)25/h4-13H,1-3H3. The Labute approximate surface area is 163 Å². The number of fused-ring (bicyclic) bond motifs is 1. The molecule has 0 N–H and O–H groups in total. The van der Waals surface area contributed by atoms with E-state index in [-0.39, 0.29) is 27.5 Å².